The minimum atomic E-state index is 0.813. The van der Waals surface area contributed by atoms with E-state index in [2.05, 4.69) is 48.1 Å². The lowest BCUT2D eigenvalue weighted by atomic mass is 9.90. The molecular weight excluding hydrogens is 156 g/mol. The van der Waals surface area contributed by atoms with Crippen LogP contribution in [0, 0.1) is 17.8 Å². The summed E-state index contributed by atoms with van der Waals surface area (Å²) in [5, 5.41) is 0. The Labute approximate surface area is 85.4 Å². The Morgan fingerprint density at radius 2 is 1.46 bits per heavy atom. The summed E-state index contributed by atoms with van der Waals surface area (Å²) < 4.78 is 0. The summed E-state index contributed by atoms with van der Waals surface area (Å²) in [7, 11) is 0. The molecule has 1 unspecified atom stereocenters. The molecular formula is C13H28. The average molecular weight is 184 g/mol. The number of hydrogen-bond donors (Lipinski definition) is 0. The van der Waals surface area contributed by atoms with E-state index in [1.807, 2.05) is 6.08 Å². The van der Waals surface area contributed by atoms with Crippen molar-refractivity contribution in [3.8, 4) is 0 Å². The fourth-order valence-corrected chi connectivity index (χ4v) is 1.12. The fraction of sp³-hybridized carbons (Fsp3) is 0.846. The first-order chi connectivity index (χ1) is 5.95. The van der Waals surface area contributed by atoms with Gasteiger partial charge < -0.3 is 0 Å². The minimum absolute atomic E-state index is 0.813. The van der Waals surface area contributed by atoms with Crippen LogP contribution in [-0.4, -0.2) is 0 Å². The molecule has 0 aliphatic rings. The van der Waals surface area contributed by atoms with Crippen LogP contribution in [0.15, 0.2) is 12.7 Å². The molecule has 0 bridgehead atoms. The van der Waals surface area contributed by atoms with Crippen molar-refractivity contribution in [1.82, 2.24) is 0 Å². The van der Waals surface area contributed by atoms with Crippen molar-refractivity contribution in [3.05, 3.63) is 12.7 Å². The molecule has 0 aromatic carbocycles. The van der Waals surface area contributed by atoms with Gasteiger partial charge in [0.05, 0.1) is 0 Å². The normalized spacial score (nSPS) is 12.3. The van der Waals surface area contributed by atoms with Crippen LogP contribution in [0.25, 0.3) is 0 Å². The van der Waals surface area contributed by atoms with E-state index in [-0.39, 0.29) is 0 Å². The maximum Gasteiger partial charge on any atom is -0.0323 e. The van der Waals surface area contributed by atoms with Crippen molar-refractivity contribution in [2.24, 2.45) is 17.8 Å². The van der Waals surface area contributed by atoms with Crippen molar-refractivity contribution in [2.75, 3.05) is 0 Å². The number of hydrogen-bond acceptors (Lipinski definition) is 0. The molecule has 0 amide bonds. The van der Waals surface area contributed by atoms with E-state index in [0.717, 1.165) is 17.8 Å². The molecule has 0 fully saturated rings. The van der Waals surface area contributed by atoms with Gasteiger partial charge in [-0.05, 0) is 24.2 Å². The zero-order valence-corrected chi connectivity index (χ0v) is 10.4. The molecule has 0 N–H and O–H groups in total. The highest BCUT2D eigenvalue weighted by atomic mass is 14.1. The van der Waals surface area contributed by atoms with Crippen LogP contribution in [0.4, 0.5) is 0 Å². The maximum absolute atomic E-state index is 3.73. The highest BCUT2D eigenvalue weighted by Gasteiger charge is 2.07. The van der Waals surface area contributed by atoms with Crippen LogP contribution < -0.4 is 0 Å². The zero-order valence-electron chi connectivity index (χ0n) is 10.4. The third kappa shape index (κ3) is 14.6. The Morgan fingerprint density at radius 3 is 1.54 bits per heavy atom. The third-order valence-corrected chi connectivity index (χ3v) is 1.94. The molecule has 0 saturated heterocycles. The van der Waals surface area contributed by atoms with Crippen molar-refractivity contribution >= 4 is 0 Å². The topological polar surface area (TPSA) is 0 Å². The lowest BCUT2D eigenvalue weighted by Gasteiger charge is -2.15. The van der Waals surface area contributed by atoms with E-state index >= 15 is 0 Å². The van der Waals surface area contributed by atoms with Crippen LogP contribution in [0.1, 0.15) is 54.4 Å². The smallest absolute Gasteiger partial charge is 0.0323 e. The molecule has 0 aromatic rings. The molecule has 1 atom stereocenters. The van der Waals surface area contributed by atoms with Gasteiger partial charge in [-0.3, -0.25) is 0 Å². The molecule has 0 spiro atoms. The Hall–Kier alpha value is -0.260. The molecule has 0 aliphatic heterocycles. The lowest BCUT2D eigenvalue weighted by molar-refractivity contribution is 0.377. The monoisotopic (exact) mass is 184 g/mol. The van der Waals surface area contributed by atoms with E-state index in [1.165, 1.54) is 12.8 Å². The van der Waals surface area contributed by atoms with Gasteiger partial charge in [-0.1, -0.05) is 54.0 Å². The van der Waals surface area contributed by atoms with Crippen LogP contribution in [0.3, 0.4) is 0 Å². The van der Waals surface area contributed by atoms with Crippen LogP contribution in [-0.2, 0) is 0 Å². The van der Waals surface area contributed by atoms with Crippen LogP contribution in [0.2, 0.25) is 0 Å². The summed E-state index contributed by atoms with van der Waals surface area (Å²) in [6.45, 7) is 17.0. The van der Waals surface area contributed by atoms with E-state index in [9.17, 15) is 0 Å². The summed E-state index contributed by atoms with van der Waals surface area (Å²) >= 11 is 0. The third-order valence-electron chi connectivity index (χ3n) is 1.94. The summed E-state index contributed by atoms with van der Waals surface area (Å²) in [5.74, 6) is 2.50. The molecule has 0 saturated carbocycles. The summed E-state index contributed by atoms with van der Waals surface area (Å²) in [6, 6.07) is 0. The van der Waals surface area contributed by atoms with Gasteiger partial charge in [-0.2, -0.15) is 0 Å². The Balaban J connectivity index is 0. The van der Waals surface area contributed by atoms with E-state index in [4.69, 9.17) is 0 Å². The Bertz CT molecular complexity index is 97.9. The molecule has 0 aromatic heterocycles. The Kier molecular flexibility index (Phi) is 11.5. The molecule has 0 rings (SSSR count). The van der Waals surface area contributed by atoms with Crippen molar-refractivity contribution in [1.29, 1.82) is 0 Å². The highest BCUT2D eigenvalue weighted by Crippen LogP contribution is 2.18. The summed E-state index contributed by atoms with van der Waals surface area (Å²) in [5.41, 5.74) is 0. The van der Waals surface area contributed by atoms with Gasteiger partial charge in [-0.15, -0.1) is 6.58 Å². The molecule has 0 heteroatoms. The minimum Gasteiger partial charge on any atom is -0.103 e. The van der Waals surface area contributed by atoms with Crippen molar-refractivity contribution in [2.45, 2.75) is 54.4 Å². The maximum atomic E-state index is 3.73. The van der Waals surface area contributed by atoms with Crippen LogP contribution >= 0.6 is 0 Å². The zero-order chi connectivity index (χ0) is 10.9. The van der Waals surface area contributed by atoms with Gasteiger partial charge in [0, 0.05) is 0 Å². The second kappa shape index (κ2) is 9.83. The fourth-order valence-electron chi connectivity index (χ4n) is 1.12. The second-order valence-electron chi connectivity index (χ2n) is 4.67. The largest absolute Gasteiger partial charge is 0.103 e. The Morgan fingerprint density at radius 1 is 1.08 bits per heavy atom. The van der Waals surface area contributed by atoms with E-state index in [1.54, 1.807) is 0 Å². The van der Waals surface area contributed by atoms with Gasteiger partial charge in [0.1, 0.15) is 0 Å². The number of rotatable bonds is 4. The van der Waals surface area contributed by atoms with Crippen molar-refractivity contribution < 1.29 is 0 Å². The molecule has 0 radical (unpaired) electrons. The molecule has 0 nitrogen and oxygen atoms in total. The standard InChI is InChI=1S/C9H18.C4H10/c1-5-7-9(6-2)8(3)4;1-4(2)3/h5,8-9H,1,6-7H2,2-4H3;4H,1-3H3. The quantitative estimate of drug-likeness (QED) is 0.545. The second-order valence-corrected chi connectivity index (χ2v) is 4.67. The predicted molar refractivity (Wildman–Crippen MR) is 63.9 cm³/mol. The first kappa shape index (κ1) is 15.2. The van der Waals surface area contributed by atoms with Gasteiger partial charge in [0.2, 0.25) is 0 Å². The van der Waals surface area contributed by atoms with Gasteiger partial charge in [0.25, 0.3) is 0 Å². The molecule has 80 valence electrons. The number of allylic oxidation sites excluding steroid dienone is 1. The molecule has 13 heavy (non-hydrogen) atoms. The summed E-state index contributed by atoms with van der Waals surface area (Å²) in [4.78, 5) is 0. The SMILES string of the molecule is C=CCC(CC)C(C)C.CC(C)C. The average Bonchev–Trinajstić information content (AvgIpc) is 1.98. The first-order valence-electron chi connectivity index (χ1n) is 5.56. The van der Waals surface area contributed by atoms with Crippen LogP contribution in [0.5, 0.6) is 0 Å². The van der Waals surface area contributed by atoms with Gasteiger partial charge >= 0.3 is 0 Å². The molecule has 0 aliphatic carbocycles. The van der Waals surface area contributed by atoms with Crippen molar-refractivity contribution in [3.63, 3.8) is 0 Å². The lowest BCUT2D eigenvalue weighted by Crippen LogP contribution is -2.05. The summed E-state index contributed by atoms with van der Waals surface area (Å²) in [6.07, 6.45) is 4.48. The predicted octanol–water partition coefficient (Wildman–Crippen LogP) is 4.91. The van der Waals surface area contributed by atoms with Gasteiger partial charge in [0.15, 0.2) is 0 Å². The van der Waals surface area contributed by atoms with E-state index in [0.29, 0.717) is 0 Å². The van der Waals surface area contributed by atoms with E-state index < -0.39 is 0 Å². The molecule has 0 heterocycles. The first-order valence-corrected chi connectivity index (χ1v) is 5.56. The van der Waals surface area contributed by atoms with Gasteiger partial charge in [-0.25, -0.2) is 0 Å². The highest BCUT2D eigenvalue weighted by molar-refractivity contribution is 4.73.